The Morgan fingerprint density at radius 1 is 1.50 bits per heavy atom. The highest BCUT2D eigenvalue weighted by Gasteiger charge is 2.20. The average molecular weight is 260 g/mol. The minimum absolute atomic E-state index is 0.00167. The van der Waals surface area contributed by atoms with Crippen LogP contribution in [0.5, 0.6) is 0 Å². The van der Waals surface area contributed by atoms with E-state index < -0.39 is 18.0 Å². The molecule has 7 heteroatoms. The smallest absolute Gasteiger partial charge is 0.310 e. The fourth-order valence-corrected chi connectivity index (χ4v) is 1.61. The molecule has 0 fully saturated rings. The van der Waals surface area contributed by atoms with Crippen LogP contribution in [-0.4, -0.2) is 17.6 Å². The largest absolute Gasteiger partial charge is 0.466 e. The van der Waals surface area contributed by atoms with Crippen molar-refractivity contribution < 1.29 is 18.3 Å². The lowest BCUT2D eigenvalue weighted by molar-refractivity contribution is -0.142. The van der Waals surface area contributed by atoms with Crippen molar-refractivity contribution >= 4 is 5.97 Å². The number of H-pyrrole nitrogens is 1. The van der Waals surface area contributed by atoms with Gasteiger partial charge in [-0.15, -0.1) is 0 Å². The number of nitrogens with one attached hydrogen (secondary N) is 1. The number of nitrogens with two attached hydrogens (primary N) is 1. The van der Waals surface area contributed by atoms with E-state index >= 15 is 0 Å². The van der Waals surface area contributed by atoms with Crippen LogP contribution in [0.4, 0.5) is 8.78 Å². The van der Waals surface area contributed by atoms with Crippen LogP contribution in [0.3, 0.4) is 0 Å². The molecule has 0 saturated carbocycles. The Balaban J connectivity index is 3.20. The molecule has 5 nitrogen and oxygen atoms in total. The molecule has 0 atom stereocenters. The molecular formula is C11H14F2N2O3. The Hall–Kier alpha value is -1.76. The van der Waals surface area contributed by atoms with Gasteiger partial charge in [0.1, 0.15) is 0 Å². The normalized spacial score (nSPS) is 10.7. The molecule has 0 aromatic carbocycles. The van der Waals surface area contributed by atoms with Gasteiger partial charge in [-0.1, -0.05) is 0 Å². The lowest BCUT2D eigenvalue weighted by atomic mass is 10.0. The maximum absolute atomic E-state index is 12.7. The number of carbonyl (C=O) groups excluding carboxylic acids is 1. The third-order valence-electron chi connectivity index (χ3n) is 2.41. The molecule has 0 amide bonds. The van der Waals surface area contributed by atoms with Gasteiger partial charge < -0.3 is 15.5 Å². The number of pyridine rings is 1. The summed E-state index contributed by atoms with van der Waals surface area (Å²) in [6.07, 6.45) is -2.21. The van der Waals surface area contributed by atoms with Crippen LogP contribution in [0.25, 0.3) is 0 Å². The van der Waals surface area contributed by atoms with Crippen LogP contribution in [-0.2, 0) is 22.5 Å². The molecule has 0 aliphatic heterocycles. The van der Waals surface area contributed by atoms with E-state index in [1.54, 1.807) is 6.92 Å². The van der Waals surface area contributed by atoms with Crippen LogP contribution in [0.2, 0.25) is 0 Å². The first kappa shape index (κ1) is 14.3. The van der Waals surface area contributed by atoms with E-state index in [1.165, 1.54) is 0 Å². The summed E-state index contributed by atoms with van der Waals surface area (Å²) in [5.74, 6) is -0.649. The van der Waals surface area contributed by atoms with Crippen LogP contribution in [0, 0.1) is 0 Å². The van der Waals surface area contributed by atoms with E-state index in [9.17, 15) is 18.4 Å². The first-order valence-electron chi connectivity index (χ1n) is 5.38. The van der Waals surface area contributed by atoms with Crippen molar-refractivity contribution in [2.24, 2.45) is 5.73 Å². The van der Waals surface area contributed by atoms with Crippen molar-refractivity contribution in [1.29, 1.82) is 0 Å². The Labute approximate surface area is 102 Å². The van der Waals surface area contributed by atoms with Gasteiger partial charge in [-0.3, -0.25) is 9.59 Å². The highest BCUT2D eigenvalue weighted by molar-refractivity contribution is 5.73. The third-order valence-corrected chi connectivity index (χ3v) is 2.41. The first-order chi connectivity index (χ1) is 8.51. The Morgan fingerprint density at radius 3 is 2.67 bits per heavy atom. The van der Waals surface area contributed by atoms with Gasteiger partial charge in [-0.25, -0.2) is 8.78 Å². The molecule has 3 N–H and O–H groups in total. The lowest BCUT2D eigenvalue weighted by Gasteiger charge is -2.11. The second kappa shape index (κ2) is 6.25. The first-order valence-corrected chi connectivity index (χ1v) is 5.38. The number of esters is 1. The molecule has 0 aliphatic rings. The molecule has 18 heavy (non-hydrogen) atoms. The summed E-state index contributed by atoms with van der Waals surface area (Å²) in [7, 11) is 0. The molecule has 0 spiro atoms. The minimum atomic E-state index is -2.76. The van der Waals surface area contributed by atoms with E-state index in [2.05, 4.69) is 9.72 Å². The zero-order valence-corrected chi connectivity index (χ0v) is 9.83. The number of aromatic amines is 1. The summed E-state index contributed by atoms with van der Waals surface area (Å²) in [5.41, 5.74) is 4.34. The number of rotatable bonds is 5. The SMILES string of the molecule is CCOC(=O)Cc1c(CN)c(C(F)F)c[nH]c1=O. The maximum atomic E-state index is 12.7. The number of halogens is 2. The van der Waals surface area contributed by atoms with Crippen molar-refractivity contribution in [3.05, 3.63) is 33.2 Å². The van der Waals surface area contributed by atoms with E-state index in [-0.39, 0.29) is 36.3 Å². The number of aromatic nitrogens is 1. The second-order valence-electron chi connectivity index (χ2n) is 3.52. The molecule has 0 aliphatic carbocycles. The summed E-state index contributed by atoms with van der Waals surface area (Å²) in [5, 5.41) is 0. The molecule has 1 aromatic heterocycles. The fourth-order valence-electron chi connectivity index (χ4n) is 1.61. The second-order valence-corrected chi connectivity index (χ2v) is 3.52. The zero-order valence-electron chi connectivity index (χ0n) is 9.83. The molecule has 100 valence electrons. The molecule has 0 bridgehead atoms. The van der Waals surface area contributed by atoms with Crippen molar-refractivity contribution in [1.82, 2.24) is 4.98 Å². The summed E-state index contributed by atoms with van der Waals surface area (Å²) >= 11 is 0. The van der Waals surface area contributed by atoms with Crippen molar-refractivity contribution in [3.8, 4) is 0 Å². The van der Waals surface area contributed by atoms with Gasteiger partial charge in [0.25, 0.3) is 12.0 Å². The average Bonchev–Trinajstić information content (AvgIpc) is 2.31. The quantitative estimate of drug-likeness (QED) is 0.769. The molecule has 0 saturated heterocycles. The highest BCUT2D eigenvalue weighted by Crippen LogP contribution is 2.23. The monoisotopic (exact) mass is 260 g/mol. The van der Waals surface area contributed by atoms with Crippen LogP contribution < -0.4 is 11.3 Å². The van der Waals surface area contributed by atoms with Gasteiger partial charge in [0.2, 0.25) is 0 Å². The summed E-state index contributed by atoms with van der Waals surface area (Å²) in [6.45, 7) is 1.53. The number of hydrogen-bond donors (Lipinski definition) is 2. The van der Waals surface area contributed by atoms with Crippen molar-refractivity contribution in [3.63, 3.8) is 0 Å². The zero-order chi connectivity index (χ0) is 13.7. The number of hydrogen-bond acceptors (Lipinski definition) is 4. The Bertz CT molecular complexity index is 486. The van der Waals surface area contributed by atoms with Crippen molar-refractivity contribution in [2.45, 2.75) is 26.3 Å². The highest BCUT2D eigenvalue weighted by atomic mass is 19.3. The van der Waals surface area contributed by atoms with Gasteiger partial charge >= 0.3 is 5.97 Å². The number of carbonyl (C=O) groups is 1. The summed E-state index contributed by atoms with van der Waals surface area (Å²) in [4.78, 5) is 25.0. The number of alkyl halides is 2. The molecular weight excluding hydrogens is 246 g/mol. The van der Waals surface area contributed by atoms with Crippen LogP contribution >= 0.6 is 0 Å². The lowest BCUT2D eigenvalue weighted by Crippen LogP contribution is -2.23. The molecule has 0 unspecified atom stereocenters. The van der Waals surface area contributed by atoms with Crippen LogP contribution in [0.15, 0.2) is 11.0 Å². The van der Waals surface area contributed by atoms with E-state index in [0.717, 1.165) is 6.20 Å². The minimum Gasteiger partial charge on any atom is -0.466 e. The predicted molar refractivity (Wildman–Crippen MR) is 60.2 cm³/mol. The van der Waals surface area contributed by atoms with E-state index in [0.29, 0.717) is 0 Å². The standard InChI is InChI=1S/C11H14F2N2O3/c1-2-18-9(16)3-6-7(4-14)8(10(12)13)5-15-11(6)17/h5,10H,2-4,14H2,1H3,(H,15,17). The summed E-state index contributed by atoms with van der Waals surface area (Å²) < 4.78 is 30.1. The number of ether oxygens (including phenoxy) is 1. The summed E-state index contributed by atoms with van der Waals surface area (Å²) in [6, 6.07) is 0. The Kier molecular flexibility index (Phi) is 4.96. The molecule has 1 aromatic rings. The maximum Gasteiger partial charge on any atom is 0.310 e. The van der Waals surface area contributed by atoms with Gasteiger partial charge in [-0.2, -0.15) is 0 Å². The van der Waals surface area contributed by atoms with E-state index in [4.69, 9.17) is 5.73 Å². The fraction of sp³-hybridized carbons (Fsp3) is 0.455. The van der Waals surface area contributed by atoms with Gasteiger partial charge in [0, 0.05) is 23.9 Å². The van der Waals surface area contributed by atoms with E-state index in [1.807, 2.05) is 0 Å². The van der Waals surface area contributed by atoms with Gasteiger partial charge in [-0.05, 0) is 12.5 Å². The Morgan fingerprint density at radius 2 is 2.17 bits per heavy atom. The molecule has 1 rings (SSSR count). The van der Waals surface area contributed by atoms with Gasteiger partial charge in [0.15, 0.2) is 0 Å². The molecule has 0 radical (unpaired) electrons. The predicted octanol–water partition coefficient (Wildman–Crippen LogP) is 0.877. The van der Waals surface area contributed by atoms with Crippen LogP contribution in [0.1, 0.15) is 30.0 Å². The van der Waals surface area contributed by atoms with Gasteiger partial charge in [0.05, 0.1) is 13.0 Å². The van der Waals surface area contributed by atoms with Crippen molar-refractivity contribution in [2.75, 3.05) is 6.61 Å². The topological polar surface area (TPSA) is 85.2 Å². The third kappa shape index (κ3) is 3.13. The molecule has 1 heterocycles.